The van der Waals surface area contributed by atoms with Crippen LogP contribution in [0, 0.1) is 5.92 Å². The maximum Gasteiger partial charge on any atom is 0.221 e. The molecule has 2 heteroatoms. The first-order valence-electron chi connectivity index (χ1n) is 6.84. The summed E-state index contributed by atoms with van der Waals surface area (Å²) < 4.78 is 0. The summed E-state index contributed by atoms with van der Waals surface area (Å²) in [6, 6.07) is 6.27. The Morgan fingerprint density at radius 1 is 1.28 bits per heavy atom. The van der Waals surface area contributed by atoms with E-state index in [1.54, 1.807) is 6.92 Å². The molecule has 0 aliphatic rings. The second kappa shape index (κ2) is 6.58. The maximum atomic E-state index is 11.1. The Bertz CT molecular complexity index is 410. The van der Waals surface area contributed by atoms with Gasteiger partial charge in [-0.05, 0) is 41.5 Å². The van der Waals surface area contributed by atoms with Crippen molar-refractivity contribution in [2.75, 3.05) is 5.32 Å². The first-order valence-corrected chi connectivity index (χ1v) is 6.84. The van der Waals surface area contributed by atoms with E-state index in [4.69, 9.17) is 0 Å². The highest BCUT2D eigenvalue weighted by molar-refractivity contribution is 5.88. The van der Waals surface area contributed by atoms with E-state index in [-0.39, 0.29) is 5.91 Å². The van der Waals surface area contributed by atoms with Crippen LogP contribution in [0.25, 0.3) is 0 Å². The number of hydrogen-bond donors (Lipinski definition) is 1. The largest absolute Gasteiger partial charge is 0.326 e. The van der Waals surface area contributed by atoms with E-state index in [0.717, 1.165) is 12.1 Å². The summed E-state index contributed by atoms with van der Waals surface area (Å²) >= 11 is 0. The molecule has 0 heterocycles. The molecule has 0 fully saturated rings. The van der Waals surface area contributed by atoms with Crippen LogP contribution in [-0.2, 0) is 11.2 Å². The van der Waals surface area contributed by atoms with Gasteiger partial charge in [-0.2, -0.15) is 0 Å². The van der Waals surface area contributed by atoms with Gasteiger partial charge < -0.3 is 5.32 Å². The van der Waals surface area contributed by atoms with Gasteiger partial charge in [0.2, 0.25) is 5.91 Å². The Morgan fingerprint density at radius 2 is 1.94 bits per heavy atom. The van der Waals surface area contributed by atoms with E-state index in [1.165, 1.54) is 17.5 Å². The first kappa shape index (κ1) is 14.7. The van der Waals surface area contributed by atoms with E-state index in [0.29, 0.717) is 11.8 Å². The Hall–Kier alpha value is -1.31. The van der Waals surface area contributed by atoms with Gasteiger partial charge in [-0.1, -0.05) is 40.2 Å². The van der Waals surface area contributed by atoms with Gasteiger partial charge in [0.15, 0.2) is 0 Å². The molecule has 0 bridgehead atoms. The molecule has 1 rings (SSSR count). The van der Waals surface area contributed by atoms with Gasteiger partial charge in [0.25, 0.3) is 0 Å². The minimum Gasteiger partial charge on any atom is -0.326 e. The van der Waals surface area contributed by atoms with E-state index in [2.05, 4.69) is 45.1 Å². The van der Waals surface area contributed by atoms with Crippen LogP contribution in [-0.4, -0.2) is 5.91 Å². The van der Waals surface area contributed by atoms with Gasteiger partial charge in [0.05, 0.1) is 0 Å². The SMILES string of the molecule is CCC(C)Cc1cc(NC(C)=O)ccc1C(C)C. The predicted molar refractivity (Wildman–Crippen MR) is 78.0 cm³/mol. The molecule has 1 amide bonds. The maximum absolute atomic E-state index is 11.1. The van der Waals surface area contributed by atoms with Crippen molar-refractivity contribution in [2.24, 2.45) is 5.92 Å². The highest BCUT2D eigenvalue weighted by Gasteiger charge is 2.10. The number of hydrogen-bond acceptors (Lipinski definition) is 1. The van der Waals surface area contributed by atoms with Crippen molar-refractivity contribution in [1.82, 2.24) is 0 Å². The van der Waals surface area contributed by atoms with Crippen LogP contribution in [0.1, 0.15) is 58.1 Å². The molecule has 0 aromatic heterocycles. The van der Waals surface area contributed by atoms with E-state index in [1.807, 2.05) is 6.07 Å². The lowest BCUT2D eigenvalue weighted by atomic mass is 9.90. The van der Waals surface area contributed by atoms with Gasteiger partial charge >= 0.3 is 0 Å². The smallest absolute Gasteiger partial charge is 0.221 e. The lowest BCUT2D eigenvalue weighted by Gasteiger charge is -2.17. The van der Waals surface area contributed by atoms with Crippen molar-refractivity contribution in [3.05, 3.63) is 29.3 Å². The molecule has 1 N–H and O–H groups in total. The third-order valence-electron chi connectivity index (χ3n) is 3.35. The summed E-state index contributed by atoms with van der Waals surface area (Å²) in [6.07, 6.45) is 2.26. The number of carbonyl (C=O) groups excluding carboxylic acids is 1. The van der Waals surface area contributed by atoms with Crippen LogP contribution < -0.4 is 5.32 Å². The zero-order chi connectivity index (χ0) is 13.7. The molecule has 18 heavy (non-hydrogen) atoms. The third-order valence-corrected chi connectivity index (χ3v) is 3.35. The fraction of sp³-hybridized carbons (Fsp3) is 0.562. The average Bonchev–Trinajstić information content (AvgIpc) is 2.27. The minimum absolute atomic E-state index is 0.0122. The summed E-state index contributed by atoms with van der Waals surface area (Å²) in [5, 5.41) is 2.86. The zero-order valence-corrected chi connectivity index (χ0v) is 12.2. The number of anilines is 1. The Morgan fingerprint density at radius 3 is 2.44 bits per heavy atom. The topological polar surface area (TPSA) is 29.1 Å². The van der Waals surface area contributed by atoms with Crippen LogP contribution >= 0.6 is 0 Å². The lowest BCUT2D eigenvalue weighted by molar-refractivity contribution is -0.114. The molecule has 1 atom stereocenters. The van der Waals surface area contributed by atoms with Crippen molar-refractivity contribution in [2.45, 2.75) is 53.4 Å². The standard InChI is InChI=1S/C16H25NO/c1-6-12(4)9-14-10-15(17-13(5)18)7-8-16(14)11(2)3/h7-8,10-12H,6,9H2,1-5H3,(H,17,18). The number of nitrogens with one attached hydrogen (secondary N) is 1. The van der Waals surface area contributed by atoms with Gasteiger partial charge in [-0.15, -0.1) is 0 Å². The summed E-state index contributed by atoms with van der Waals surface area (Å²) in [6.45, 7) is 10.5. The minimum atomic E-state index is -0.0122. The molecule has 100 valence electrons. The first-order chi connectivity index (χ1) is 8.43. The Balaban J connectivity index is 3.03. The van der Waals surface area contributed by atoms with Crippen LogP contribution in [0.2, 0.25) is 0 Å². The predicted octanol–water partition coefficient (Wildman–Crippen LogP) is 4.36. The van der Waals surface area contributed by atoms with Crippen molar-refractivity contribution in [3.63, 3.8) is 0 Å². The molecule has 0 radical (unpaired) electrons. The molecule has 1 aromatic carbocycles. The molecule has 0 aliphatic carbocycles. The van der Waals surface area contributed by atoms with Crippen molar-refractivity contribution < 1.29 is 4.79 Å². The molecular weight excluding hydrogens is 222 g/mol. The fourth-order valence-corrected chi connectivity index (χ4v) is 2.15. The van der Waals surface area contributed by atoms with Crippen molar-refractivity contribution in [3.8, 4) is 0 Å². The number of carbonyl (C=O) groups is 1. The summed E-state index contributed by atoms with van der Waals surface area (Å²) in [5.74, 6) is 1.19. The Labute approximate surface area is 111 Å². The Kier molecular flexibility index (Phi) is 5.39. The summed E-state index contributed by atoms with van der Waals surface area (Å²) in [5.41, 5.74) is 3.67. The molecule has 1 aromatic rings. The highest BCUT2D eigenvalue weighted by Crippen LogP contribution is 2.26. The van der Waals surface area contributed by atoms with Crippen LogP contribution in [0.3, 0.4) is 0 Å². The van der Waals surface area contributed by atoms with Crippen LogP contribution in [0.5, 0.6) is 0 Å². The van der Waals surface area contributed by atoms with Crippen molar-refractivity contribution >= 4 is 11.6 Å². The number of benzene rings is 1. The van der Waals surface area contributed by atoms with Gasteiger partial charge in [-0.25, -0.2) is 0 Å². The molecule has 2 nitrogen and oxygen atoms in total. The molecule has 0 saturated heterocycles. The zero-order valence-electron chi connectivity index (χ0n) is 12.2. The monoisotopic (exact) mass is 247 g/mol. The average molecular weight is 247 g/mol. The second-order valence-corrected chi connectivity index (χ2v) is 5.47. The van der Waals surface area contributed by atoms with Crippen LogP contribution in [0.4, 0.5) is 5.69 Å². The van der Waals surface area contributed by atoms with E-state index >= 15 is 0 Å². The third kappa shape index (κ3) is 4.17. The molecule has 0 spiro atoms. The normalized spacial score (nSPS) is 12.6. The van der Waals surface area contributed by atoms with Gasteiger partial charge in [0.1, 0.15) is 0 Å². The highest BCUT2D eigenvalue weighted by atomic mass is 16.1. The molecule has 0 saturated carbocycles. The fourth-order valence-electron chi connectivity index (χ4n) is 2.15. The molecule has 1 unspecified atom stereocenters. The van der Waals surface area contributed by atoms with E-state index < -0.39 is 0 Å². The number of rotatable bonds is 5. The molecular formula is C16H25NO. The van der Waals surface area contributed by atoms with Crippen LogP contribution in [0.15, 0.2) is 18.2 Å². The molecule has 0 aliphatic heterocycles. The summed E-state index contributed by atoms with van der Waals surface area (Å²) in [7, 11) is 0. The summed E-state index contributed by atoms with van der Waals surface area (Å²) in [4.78, 5) is 11.1. The van der Waals surface area contributed by atoms with Gasteiger partial charge in [0, 0.05) is 12.6 Å². The number of amides is 1. The lowest BCUT2D eigenvalue weighted by Crippen LogP contribution is -2.08. The van der Waals surface area contributed by atoms with E-state index in [9.17, 15) is 4.79 Å². The van der Waals surface area contributed by atoms with Crippen molar-refractivity contribution in [1.29, 1.82) is 0 Å². The quantitative estimate of drug-likeness (QED) is 0.823. The van der Waals surface area contributed by atoms with Gasteiger partial charge in [-0.3, -0.25) is 4.79 Å². The second-order valence-electron chi connectivity index (χ2n) is 5.47.